The molecule has 2 aliphatic heterocycles. The summed E-state index contributed by atoms with van der Waals surface area (Å²) in [6.45, 7) is 0. The van der Waals surface area contributed by atoms with Crippen LogP contribution in [0.25, 0.3) is 0 Å². The van der Waals surface area contributed by atoms with Crippen LogP contribution >= 0.6 is 0 Å². The number of fused-ring (bicyclic) bond motifs is 2. The lowest BCUT2D eigenvalue weighted by Gasteiger charge is -2.44. The van der Waals surface area contributed by atoms with Crippen molar-refractivity contribution in [1.29, 1.82) is 0 Å². The summed E-state index contributed by atoms with van der Waals surface area (Å²) >= 11 is 0. The van der Waals surface area contributed by atoms with Crippen molar-refractivity contribution in [3.63, 3.8) is 0 Å². The van der Waals surface area contributed by atoms with E-state index in [-0.39, 0.29) is 0 Å². The molecule has 0 aromatic rings. The molecule has 0 N–H and O–H groups in total. The molecule has 2 fully saturated rings. The van der Waals surface area contributed by atoms with Crippen molar-refractivity contribution < 1.29 is 4.84 Å². The Morgan fingerprint density at radius 3 is 1.73 bits per heavy atom. The van der Waals surface area contributed by atoms with Gasteiger partial charge in [0.15, 0.2) is 0 Å². The summed E-state index contributed by atoms with van der Waals surface area (Å²) in [4.78, 5) is 5.39. The van der Waals surface area contributed by atoms with E-state index in [0.29, 0.717) is 0 Å². The summed E-state index contributed by atoms with van der Waals surface area (Å²) in [7, 11) is 1.82. The van der Waals surface area contributed by atoms with Crippen molar-refractivity contribution in [2.24, 2.45) is 0 Å². The van der Waals surface area contributed by atoms with Crippen LogP contribution in [0.4, 0.5) is 0 Å². The normalized spacial score (nSPS) is 39.0. The SMILES string of the molecule is CON1C2CCCC1CCC2. The Hall–Kier alpha value is -0.0800. The molecule has 2 heterocycles. The van der Waals surface area contributed by atoms with Crippen LogP contribution in [0.15, 0.2) is 0 Å². The zero-order valence-electron chi connectivity index (χ0n) is 7.25. The van der Waals surface area contributed by atoms with Gasteiger partial charge in [0.1, 0.15) is 0 Å². The van der Waals surface area contributed by atoms with E-state index in [1.807, 2.05) is 7.11 Å². The first kappa shape index (κ1) is 7.56. The van der Waals surface area contributed by atoms with Crippen LogP contribution < -0.4 is 0 Å². The molecule has 2 nitrogen and oxygen atoms in total. The maximum atomic E-state index is 5.39. The second kappa shape index (κ2) is 3.11. The van der Waals surface area contributed by atoms with E-state index in [1.165, 1.54) is 38.5 Å². The van der Waals surface area contributed by atoms with Crippen molar-refractivity contribution in [1.82, 2.24) is 5.06 Å². The van der Waals surface area contributed by atoms with E-state index in [9.17, 15) is 0 Å². The van der Waals surface area contributed by atoms with E-state index in [2.05, 4.69) is 5.06 Å². The van der Waals surface area contributed by atoms with Crippen molar-refractivity contribution in [2.75, 3.05) is 7.11 Å². The van der Waals surface area contributed by atoms with Gasteiger partial charge < -0.3 is 4.84 Å². The van der Waals surface area contributed by atoms with Gasteiger partial charge in [0, 0.05) is 12.1 Å². The van der Waals surface area contributed by atoms with Crippen molar-refractivity contribution in [2.45, 2.75) is 50.6 Å². The second-order valence-corrected chi connectivity index (χ2v) is 3.71. The Bertz CT molecular complexity index is 116. The van der Waals surface area contributed by atoms with Crippen LogP contribution in [0.3, 0.4) is 0 Å². The van der Waals surface area contributed by atoms with Gasteiger partial charge in [-0.1, -0.05) is 12.8 Å². The maximum absolute atomic E-state index is 5.39. The Kier molecular flexibility index (Phi) is 2.14. The van der Waals surface area contributed by atoms with Crippen LogP contribution in [-0.2, 0) is 4.84 Å². The number of rotatable bonds is 1. The van der Waals surface area contributed by atoms with Crippen molar-refractivity contribution in [3.8, 4) is 0 Å². The first-order chi connectivity index (χ1) is 5.42. The molecule has 0 aromatic heterocycles. The third-order valence-corrected chi connectivity index (χ3v) is 3.08. The molecule has 2 aliphatic rings. The minimum Gasteiger partial charge on any atom is -0.302 e. The van der Waals surface area contributed by atoms with Crippen molar-refractivity contribution >= 4 is 0 Å². The lowest BCUT2D eigenvalue weighted by atomic mass is 9.86. The highest BCUT2D eigenvalue weighted by atomic mass is 16.7. The molecule has 0 aliphatic carbocycles. The number of piperidine rings is 2. The summed E-state index contributed by atoms with van der Waals surface area (Å²) in [6, 6.07) is 1.49. The Labute approximate surface area is 68.5 Å². The molecule has 0 saturated carbocycles. The fraction of sp³-hybridized carbons (Fsp3) is 1.00. The predicted octanol–water partition coefficient (Wildman–Crippen LogP) is 1.95. The van der Waals surface area contributed by atoms with Gasteiger partial charge >= 0.3 is 0 Å². The monoisotopic (exact) mass is 155 g/mol. The largest absolute Gasteiger partial charge is 0.302 e. The zero-order chi connectivity index (χ0) is 7.68. The molecule has 0 atom stereocenters. The summed E-state index contributed by atoms with van der Waals surface area (Å²) in [5.74, 6) is 0. The zero-order valence-corrected chi connectivity index (χ0v) is 7.25. The van der Waals surface area contributed by atoms with Crippen LogP contribution in [0.1, 0.15) is 38.5 Å². The molecule has 0 amide bonds. The highest BCUT2D eigenvalue weighted by molar-refractivity contribution is 4.84. The van der Waals surface area contributed by atoms with Crippen LogP contribution in [0.5, 0.6) is 0 Å². The van der Waals surface area contributed by atoms with E-state index in [0.717, 1.165) is 12.1 Å². The average Bonchev–Trinajstić information content (AvgIpc) is 2.03. The number of nitrogens with zero attached hydrogens (tertiary/aromatic N) is 1. The van der Waals surface area contributed by atoms with E-state index in [1.54, 1.807) is 0 Å². The summed E-state index contributed by atoms with van der Waals surface area (Å²) in [5.41, 5.74) is 0. The van der Waals surface area contributed by atoms with Crippen LogP contribution in [0, 0.1) is 0 Å². The van der Waals surface area contributed by atoms with Gasteiger partial charge in [-0.3, -0.25) is 0 Å². The topological polar surface area (TPSA) is 12.5 Å². The highest BCUT2D eigenvalue weighted by Crippen LogP contribution is 2.33. The van der Waals surface area contributed by atoms with Crippen LogP contribution in [-0.4, -0.2) is 24.3 Å². The third kappa shape index (κ3) is 1.30. The molecule has 2 rings (SSSR count). The molecule has 0 radical (unpaired) electrons. The van der Waals surface area contributed by atoms with E-state index in [4.69, 9.17) is 4.84 Å². The molecular weight excluding hydrogens is 138 g/mol. The van der Waals surface area contributed by atoms with Gasteiger partial charge in [-0.2, -0.15) is 5.06 Å². The number of hydrogen-bond donors (Lipinski definition) is 0. The quantitative estimate of drug-likeness (QED) is 0.574. The first-order valence-electron chi connectivity index (χ1n) is 4.74. The average molecular weight is 155 g/mol. The number of hydroxylamine groups is 2. The minimum atomic E-state index is 0.743. The van der Waals surface area contributed by atoms with Gasteiger partial charge in [-0.25, -0.2) is 0 Å². The summed E-state index contributed by atoms with van der Waals surface area (Å²) < 4.78 is 0. The van der Waals surface area contributed by atoms with Gasteiger partial charge in [0.2, 0.25) is 0 Å². The maximum Gasteiger partial charge on any atom is 0.0575 e. The van der Waals surface area contributed by atoms with Gasteiger partial charge in [0.25, 0.3) is 0 Å². The molecule has 0 unspecified atom stereocenters. The van der Waals surface area contributed by atoms with E-state index >= 15 is 0 Å². The first-order valence-corrected chi connectivity index (χ1v) is 4.74. The summed E-state index contributed by atoms with van der Waals surface area (Å²) in [6.07, 6.45) is 8.23. The fourth-order valence-electron chi connectivity index (χ4n) is 2.57. The second-order valence-electron chi connectivity index (χ2n) is 3.71. The molecule has 0 aromatic carbocycles. The third-order valence-electron chi connectivity index (χ3n) is 3.08. The lowest BCUT2D eigenvalue weighted by molar-refractivity contribution is -0.219. The summed E-state index contributed by atoms with van der Waals surface area (Å²) in [5, 5.41) is 2.24. The fourth-order valence-corrected chi connectivity index (χ4v) is 2.57. The molecule has 0 spiro atoms. The van der Waals surface area contributed by atoms with E-state index < -0.39 is 0 Å². The Morgan fingerprint density at radius 2 is 1.45 bits per heavy atom. The standard InChI is InChI=1S/C9H17NO/c1-11-10-8-4-2-5-9(10)7-3-6-8/h8-9H,2-7H2,1H3. The molecule has 64 valence electrons. The number of hydrogen-bond acceptors (Lipinski definition) is 2. The van der Waals surface area contributed by atoms with Gasteiger partial charge in [-0.15, -0.1) is 0 Å². The minimum absolute atomic E-state index is 0.743. The molecule has 11 heavy (non-hydrogen) atoms. The van der Waals surface area contributed by atoms with Crippen LogP contribution in [0.2, 0.25) is 0 Å². The smallest absolute Gasteiger partial charge is 0.0575 e. The lowest BCUT2D eigenvalue weighted by Crippen LogP contribution is -2.48. The highest BCUT2D eigenvalue weighted by Gasteiger charge is 2.33. The molecule has 2 heteroatoms. The Morgan fingerprint density at radius 1 is 1.00 bits per heavy atom. The molecule has 2 saturated heterocycles. The van der Waals surface area contributed by atoms with Gasteiger partial charge in [-0.05, 0) is 25.7 Å². The van der Waals surface area contributed by atoms with Gasteiger partial charge in [0.05, 0.1) is 7.11 Å². The van der Waals surface area contributed by atoms with Crippen molar-refractivity contribution in [3.05, 3.63) is 0 Å². The molecule has 2 bridgehead atoms. The predicted molar refractivity (Wildman–Crippen MR) is 44.1 cm³/mol. The molecular formula is C9H17NO. The Balaban J connectivity index is 2.04.